The maximum atomic E-state index is 4.17. The Hall–Kier alpha value is 0.0431. The van der Waals surface area contributed by atoms with Crippen LogP contribution in [0, 0.1) is 6.08 Å². The van der Waals surface area contributed by atoms with Gasteiger partial charge in [0.1, 0.15) is 0 Å². The van der Waals surface area contributed by atoms with Crippen LogP contribution in [0.15, 0.2) is 72.3 Å². The topological polar surface area (TPSA) is 0 Å². The Balaban J connectivity index is 0.000000232. The Morgan fingerprint density at radius 2 is 1.69 bits per heavy atom. The molecule has 1 unspecified atom stereocenters. The van der Waals surface area contributed by atoms with Gasteiger partial charge in [0.05, 0.1) is 0 Å². The van der Waals surface area contributed by atoms with Gasteiger partial charge in [-0.05, 0) is 0 Å². The average molecular weight is 559 g/mol. The molecule has 6 heteroatoms. The predicted molar refractivity (Wildman–Crippen MR) is 108 cm³/mol. The van der Waals surface area contributed by atoms with E-state index < -0.39 is 0 Å². The summed E-state index contributed by atoms with van der Waals surface area (Å²) >= 11 is 6.50. The summed E-state index contributed by atoms with van der Waals surface area (Å²) in [4.78, 5) is 1.37. The van der Waals surface area contributed by atoms with E-state index in [-0.39, 0.29) is 24.8 Å². The zero-order valence-electron chi connectivity index (χ0n) is 13.5. The van der Waals surface area contributed by atoms with Crippen molar-refractivity contribution in [3.63, 3.8) is 0 Å². The largest absolute Gasteiger partial charge is 0.168 e. The number of hydrogen-bond donors (Lipinski definition) is 0. The van der Waals surface area contributed by atoms with Crippen LogP contribution in [-0.2, 0) is 22.7 Å². The van der Waals surface area contributed by atoms with Gasteiger partial charge in [0, 0.05) is 4.16 Å². The van der Waals surface area contributed by atoms with E-state index in [9.17, 15) is 0 Å². The number of halogens is 3. The first-order valence-corrected chi connectivity index (χ1v) is 12.6. The third-order valence-corrected chi connectivity index (χ3v) is 5.58. The minimum absolute atomic E-state index is 0. The van der Waals surface area contributed by atoms with E-state index in [1.165, 1.54) is 31.7 Å². The molecule has 1 heterocycles. The van der Waals surface area contributed by atoms with Crippen molar-refractivity contribution in [2.24, 2.45) is 0 Å². The number of thioether (sulfide) groups is 1. The normalized spacial score (nSPS) is 15.6. The quantitative estimate of drug-likeness (QED) is 0.256. The number of hydrogen-bond acceptors (Lipinski definition) is 2. The molecule has 5 rings (SSSR count). The van der Waals surface area contributed by atoms with Gasteiger partial charge in [0.15, 0.2) is 0 Å². The Bertz CT molecular complexity index is 984. The van der Waals surface area contributed by atoms with Crippen molar-refractivity contribution in [3.8, 4) is 0 Å². The van der Waals surface area contributed by atoms with Crippen LogP contribution in [0.3, 0.4) is 0 Å². The zero-order chi connectivity index (χ0) is 16.9. The van der Waals surface area contributed by atoms with Gasteiger partial charge in [0.2, 0.25) is 0 Å². The van der Waals surface area contributed by atoms with Crippen molar-refractivity contribution in [1.29, 1.82) is 0 Å². The van der Waals surface area contributed by atoms with Crippen LogP contribution in [0.1, 0.15) is 0 Å². The van der Waals surface area contributed by atoms with Crippen molar-refractivity contribution in [2.45, 2.75) is 4.16 Å². The van der Waals surface area contributed by atoms with Gasteiger partial charge >= 0.3 is 31.5 Å². The molecule has 2 aliphatic rings. The van der Waals surface area contributed by atoms with E-state index in [1.54, 1.807) is 0 Å². The number of rotatable bonds is 0. The van der Waals surface area contributed by atoms with E-state index in [0.29, 0.717) is 4.16 Å². The second-order valence-corrected chi connectivity index (χ2v) is 7.84. The number of alkyl halides is 1. The Morgan fingerprint density at radius 1 is 1.00 bits per heavy atom. The van der Waals surface area contributed by atoms with Crippen LogP contribution in [0.25, 0.3) is 21.8 Å². The SMILES string of the molecule is BrC1[C-]=C2C=c3ccccc3=C2S1.[Cl-].[Cl-].[S]=[Zr+2].c1ccc2[cH-]ccc2c1. The van der Waals surface area contributed by atoms with E-state index in [2.05, 4.69) is 104 Å². The molecule has 0 aromatic heterocycles. The third-order valence-electron chi connectivity index (χ3n) is 3.79. The molecule has 132 valence electrons. The van der Waals surface area contributed by atoms with E-state index in [0.717, 1.165) is 22.7 Å². The summed E-state index contributed by atoms with van der Waals surface area (Å²) in [6.45, 7) is 0. The molecule has 0 spiro atoms. The first kappa shape index (κ1) is 24.1. The van der Waals surface area contributed by atoms with Crippen LogP contribution in [0.5, 0.6) is 0 Å². The molecular weight excluding hydrogens is 546 g/mol. The van der Waals surface area contributed by atoms with Gasteiger partial charge in [-0.2, -0.15) is 47.0 Å². The van der Waals surface area contributed by atoms with Crippen LogP contribution >= 0.6 is 36.5 Å². The molecule has 0 amide bonds. The second-order valence-electron chi connectivity index (χ2n) is 5.21. The maximum absolute atomic E-state index is 4.17. The minimum atomic E-state index is 0. The van der Waals surface area contributed by atoms with Crippen LogP contribution in [0.2, 0.25) is 0 Å². The maximum Gasteiger partial charge on any atom is -0.0809 e. The van der Waals surface area contributed by atoms with Gasteiger partial charge in [-0.25, -0.2) is 0 Å². The zero-order valence-corrected chi connectivity index (χ0v) is 20.6. The summed E-state index contributed by atoms with van der Waals surface area (Å²) in [7, 11) is 4.17. The fourth-order valence-corrected chi connectivity index (χ4v) is 4.51. The van der Waals surface area contributed by atoms with E-state index >= 15 is 0 Å². The molecule has 3 aromatic carbocycles. The molecule has 0 radical (unpaired) electrons. The number of benzene rings is 2. The van der Waals surface area contributed by atoms with Crippen LogP contribution in [-0.4, -0.2) is 4.16 Å². The fourth-order valence-electron chi connectivity index (χ4n) is 2.76. The molecule has 1 aliphatic heterocycles. The Kier molecular flexibility index (Phi) is 10.9. The van der Waals surface area contributed by atoms with Crippen molar-refractivity contribution >= 4 is 58.3 Å². The standard InChI is InChI=1S/C11H6BrS.C9H7.2ClH.S.Zr/c12-10-6-8-5-7-3-1-2-4-9(7)11(8)13-10;1-2-5-9-7-3-6-8(9)4-1;;;;/h1-5,10H;1-7H;2*1H;;/q2*-1;;;;+2/p-2. The monoisotopic (exact) mass is 556 g/mol. The molecule has 0 fully saturated rings. The van der Waals surface area contributed by atoms with Gasteiger partial charge in [-0.15, -0.1) is 29.7 Å². The van der Waals surface area contributed by atoms with Crippen molar-refractivity contribution < 1.29 is 47.5 Å². The Labute approximate surface area is 196 Å². The molecule has 1 atom stereocenters. The summed E-state index contributed by atoms with van der Waals surface area (Å²) in [5.74, 6) is 0. The first-order valence-electron chi connectivity index (χ1n) is 7.38. The fraction of sp³-hybridized carbons (Fsp3) is 0.0500. The van der Waals surface area contributed by atoms with Gasteiger partial charge in [0.25, 0.3) is 0 Å². The molecule has 26 heavy (non-hydrogen) atoms. The average Bonchev–Trinajstić information content (AvgIpc) is 3.31. The predicted octanol–water partition coefficient (Wildman–Crippen LogP) is -1.00. The summed E-state index contributed by atoms with van der Waals surface area (Å²) in [6, 6.07) is 23.2. The van der Waals surface area contributed by atoms with Crippen molar-refractivity contribution in [1.82, 2.24) is 0 Å². The second kappa shape index (κ2) is 11.8. The molecule has 3 aromatic rings. The molecule has 0 saturated carbocycles. The molecule has 1 aliphatic carbocycles. The van der Waals surface area contributed by atoms with Crippen molar-refractivity contribution in [2.75, 3.05) is 0 Å². The molecule has 0 N–H and O–H groups in total. The molecular formula is C20H13BrCl2S2Zr-2. The smallest absolute Gasteiger partial charge is 0.0809 e. The summed E-state index contributed by atoms with van der Waals surface area (Å²) in [5, 5.41) is 5.35. The number of fused-ring (bicyclic) bond motifs is 3. The van der Waals surface area contributed by atoms with Gasteiger partial charge in [-0.1, -0.05) is 61.6 Å². The molecule has 0 saturated heterocycles. The van der Waals surface area contributed by atoms with Crippen molar-refractivity contribution in [3.05, 3.63) is 88.8 Å². The first-order chi connectivity index (χ1) is 11.8. The van der Waals surface area contributed by atoms with Gasteiger partial charge in [-0.3, -0.25) is 0 Å². The van der Waals surface area contributed by atoms with Crippen LogP contribution < -0.4 is 35.3 Å². The Morgan fingerprint density at radius 3 is 2.46 bits per heavy atom. The minimum Gasteiger partial charge on any atom is -0.168 e. The van der Waals surface area contributed by atoms with Gasteiger partial charge < -0.3 is 24.8 Å². The van der Waals surface area contributed by atoms with E-state index in [1.807, 2.05) is 11.8 Å². The third kappa shape index (κ3) is 5.53. The van der Waals surface area contributed by atoms with E-state index in [4.69, 9.17) is 0 Å². The molecule has 0 nitrogen and oxygen atoms in total. The summed E-state index contributed by atoms with van der Waals surface area (Å²) < 4.78 is 0.335. The van der Waals surface area contributed by atoms with Crippen LogP contribution in [0.4, 0.5) is 0 Å². The summed E-state index contributed by atoms with van der Waals surface area (Å²) in [5.41, 5.74) is 1.26. The summed E-state index contributed by atoms with van der Waals surface area (Å²) in [6.07, 6.45) is 5.57. The molecule has 0 bridgehead atoms.